The van der Waals surface area contributed by atoms with Gasteiger partial charge in [-0.15, -0.1) is 0 Å². The van der Waals surface area contributed by atoms with Gasteiger partial charge in [0.1, 0.15) is 6.04 Å². The van der Waals surface area contributed by atoms with Crippen molar-refractivity contribution in [2.24, 2.45) is 0 Å². The molecule has 3 saturated heterocycles. The Morgan fingerprint density at radius 2 is 1.54 bits per heavy atom. The number of para-hydroxylation sites is 2. The maximum atomic E-state index is 14.3. The number of anilines is 3. The summed E-state index contributed by atoms with van der Waals surface area (Å²) in [6.45, 7) is 5.62. The number of piperazine rings is 1. The first-order valence-corrected chi connectivity index (χ1v) is 19.1. The Labute approximate surface area is 325 Å². The predicted molar refractivity (Wildman–Crippen MR) is 201 cm³/mol. The number of piperidine rings is 1. The molecule has 0 spiro atoms. The van der Waals surface area contributed by atoms with E-state index < -0.39 is 41.9 Å². The van der Waals surface area contributed by atoms with Crippen LogP contribution in [0.25, 0.3) is 17.0 Å². The molecular formula is C38H41F2N11O6. The van der Waals surface area contributed by atoms with Gasteiger partial charge in [-0.25, -0.2) is 13.8 Å². The second-order valence-corrected chi connectivity index (χ2v) is 14.3. The van der Waals surface area contributed by atoms with Gasteiger partial charge in [0.15, 0.2) is 5.82 Å². The van der Waals surface area contributed by atoms with Crippen molar-refractivity contribution in [2.75, 3.05) is 74.1 Å². The van der Waals surface area contributed by atoms with E-state index in [4.69, 9.17) is 14.7 Å². The van der Waals surface area contributed by atoms with Gasteiger partial charge in [-0.05, 0) is 50.1 Å². The van der Waals surface area contributed by atoms with E-state index in [-0.39, 0.29) is 47.9 Å². The first-order valence-electron chi connectivity index (χ1n) is 19.1. The predicted octanol–water partition coefficient (Wildman–Crippen LogP) is 2.71. The third-order valence-corrected chi connectivity index (χ3v) is 10.7. The number of nitrogens with zero attached hydrogens (tertiary/aromatic N) is 9. The molecule has 2 N–H and O–H groups in total. The molecule has 2 aromatic heterocycles. The summed E-state index contributed by atoms with van der Waals surface area (Å²) in [5.74, 6) is -2.31. The number of fused-ring (bicyclic) bond motifs is 2. The number of aromatic nitrogens is 5. The molecular weight excluding hydrogens is 744 g/mol. The van der Waals surface area contributed by atoms with Crippen LogP contribution in [0, 0.1) is 0 Å². The Kier molecular flexibility index (Phi) is 10.8. The highest BCUT2D eigenvalue weighted by molar-refractivity contribution is 6.26. The first kappa shape index (κ1) is 37.9. The fourth-order valence-electron chi connectivity index (χ4n) is 7.69. The van der Waals surface area contributed by atoms with Gasteiger partial charge in [-0.2, -0.15) is 15.0 Å². The van der Waals surface area contributed by atoms with E-state index in [0.717, 1.165) is 37.4 Å². The summed E-state index contributed by atoms with van der Waals surface area (Å²) in [5, 5.41) is 4.95. The van der Waals surface area contributed by atoms with Gasteiger partial charge in [0.2, 0.25) is 35.6 Å². The molecule has 57 heavy (non-hydrogen) atoms. The highest BCUT2D eigenvalue weighted by atomic mass is 19.3. The average Bonchev–Trinajstić information content (AvgIpc) is 3.73. The number of hydrogen-bond donors (Lipinski definition) is 2. The van der Waals surface area contributed by atoms with Crippen LogP contribution in [-0.4, -0.2) is 129 Å². The van der Waals surface area contributed by atoms with Crippen molar-refractivity contribution >= 4 is 58.2 Å². The molecule has 4 aliphatic rings. The molecule has 1 atom stereocenters. The molecule has 0 saturated carbocycles. The molecule has 0 aliphatic carbocycles. The maximum Gasteiger partial charge on any atom is 0.296 e. The summed E-state index contributed by atoms with van der Waals surface area (Å²) in [5.41, 5.74) is 1.25. The van der Waals surface area contributed by atoms with Gasteiger partial charge in [0, 0.05) is 52.1 Å². The van der Waals surface area contributed by atoms with Crippen molar-refractivity contribution in [3.05, 3.63) is 59.4 Å². The van der Waals surface area contributed by atoms with Crippen molar-refractivity contribution in [1.29, 1.82) is 0 Å². The van der Waals surface area contributed by atoms with E-state index in [0.29, 0.717) is 68.7 Å². The summed E-state index contributed by atoms with van der Waals surface area (Å²) in [4.78, 5) is 89.0. The van der Waals surface area contributed by atoms with Gasteiger partial charge in [-0.3, -0.25) is 43.7 Å². The molecule has 19 heteroatoms. The van der Waals surface area contributed by atoms with Crippen molar-refractivity contribution in [1.82, 2.24) is 39.6 Å². The number of rotatable bonds is 12. The minimum absolute atomic E-state index is 0.0148. The highest BCUT2D eigenvalue weighted by Gasteiger charge is 2.45. The maximum absolute atomic E-state index is 14.3. The summed E-state index contributed by atoms with van der Waals surface area (Å²) < 4.78 is 35.4. The molecule has 6 heterocycles. The van der Waals surface area contributed by atoms with Crippen LogP contribution in [-0.2, 0) is 19.1 Å². The van der Waals surface area contributed by atoms with Crippen LogP contribution in [0.4, 0.5) is 26.4 Å². The largest absolute Gasteiger partial charge is 0.378 e. The molecule has 8 rings (SSSR count). The number of morpholine rings is 1. The molecule has 5 amide bonds. The summed E-state index contributed by atoms with van der Waals surface area (Å²) in [6, 6.07) is 10.4. The third-order valence-electron chi connectivity index (χ3n) is 10.7. The van der Waals surface area contributed by atoms with E-state index in [1.165, 1.54) is 10.6 Å². The van der Waals surface area contributed by atoms with E-state index in [2.05, 4.69) is 25.5 Å². The van der Waals surface area contributed by atoms with Crippen molar-refractivity contribution in [2.45, 2.75) is 51.0 Å². The minimum Gasteiger partial charge on any atom is -0.378 e. The van der Waals surface area contributed by atoms with Crippen LogP contribution in [0.1, 0.15) is 71.5 Å². The number of alkyl halides is 2. The molecule has 3 fully saturated rings. The lowest BCUT2D eigenvalue weighted by Gasteiger charge is -2.35. The quantitative estimate of drug-likeness (QED) is 0.158. The second-order valence-electron chi connectivity index (χ2n) is 14.3. The molecule has 1 unspecified atom stereocenters. The van der Waals surface area contributed by atoms with Crippen LogP contribution in [0.3, 0.4) is 0 Å². The molecule has 298 valence electrons. The lowest BCUT2D eigenvalue weighted by atomic mass is 10.0. The number of ether oxygens (including phenoxy) is 1. The zero-order valence-corrected chi connectivity index (χ0v) is 31.0. The van der Waals surface area contributed by atoms with Crippen molar-refractivity contribution in [3.63, 3.8) is 0 Å². The van der Waals surface area contributed by atoms with Crippen LogP contribution in [0.5, 0.6) is 0 Å². The number of hydrogen-bond acceptors (Lipinski definition) is 13. The van der Waals surface area contributed by atoms with Gasteiger partial charge in [0.25, 0.3) is 18.2 Å². The number of nitrogens with one attached hydrogen (secondary N) is 2. The molecule has 0 bridgehead atoms. The number of amides is 5. The lowest BCUT2D eigenvalue weighted by Crippen LogP contribution is -2.54. The van der Waals surface area contributed by atoms with Gasteiger partial charge < -0.3 is 19.9 Å². The van der Waals surface area contributed by atoms with Crippen LogP contribution in [0.15, 0.2) is 42.5 Å². The van der Waals surface area contributed by atoms with Gasteiger partial charge in [0.05, 0.1) is 41.1 Å². The summed E-state index contributed by atoms with van der Waals surface area (Å²) in [6.07, 6.45) is -0.331. The van der Waals surface area contributed by atoms with Crippen LogP contribution in [0.2, 0.25) is 0 Å². The molecule has 2 aromatic carbocycles. The zero-order valence-electron chi connectivity index (χ0n) is 31.0. The fraction of sp³-hybridized carbons (Fsp3) is 0.447. The first-order chi connectivity index (χ1) is 27.7. The Bertz CT molecular complexity index is 2220. The topological polar surface area (TPSA) is 188 Å². The number of halogens is 2. The number of carbonyl (C=O) groups excluding carboxylic acids is 5. The Morgan fingerprint density at radius 1 is 0.825 bits per heavy atom. The molecule has 0 radical (unpaired) electrons. The average molecular weight is 786 g/mol. The van der Waals surface area contributed by atoms with Crippen LogP contribution >= 0.6 is 0 Å². The lowest BCUT2D eigenvalue weighted by molar-refractivity contribution is -0.136. The zero-order chi connectivity index (χ0) is 39.6. The summed E-state index contributed by atoms with van der Waals surface area (Å²) >= 11 is 0. The van der Waals surface area contributed by atoms with E-state index in [9.17, 15) is 32.8 Å². The minimum atomic E-state index is -2.84. The normalized spacial score (nSPS) is 19.1. The number of unbranched alkanes of at least 4 members (excludes halogenated alkanes) is 2. The number of benzene rings is 2. The van der Waals surface area contributed by atoms with Gasteiger partial charge >= 0.3 is 0 Å². The SMILES string of the molecule is O=C1CCC(N2C(=O)c3cccc(NC(=O)CCCCCN4CCN(c5nc(N6CCOCC6)nc(-n6c(C(F)F)nc7ccccc76)n5)CC4)c3C2=O)C(=O)N1. The standard InChI is InChI=1S/C38H41F2N11O6/c39-31(40)32-42-24-8-3-4-10-26(24)50(32)38-45-36(44-37(46-38)49-19-21-57-22-20-49)48-17-15-47(16-18-48)14-5-1-2-11-28(52)41-25-9-6-7-23-30(25)35(56)51(34(23)55)27-12-13-29(53)43-33(27)54/h3-4,6-10,27,31H,1-2,5,11-22H2,(H,41,52)(H,43,53,54). The highest BCUT2D eigenvalue weighted by Crippen LogP contribution is 2.33. The fourth-order valence-corrected chi connectivity index (χ4v) is 7.69. The Balaban J connectivity index is 0.847. The third kappa shape index (κ3) is 7.76. The molecule has 4 aliphatic heterocycles. The smallest absolute Gasteiger partial charge is 0.296 e. The second kappa shape index (κ2) is 16.3. The Hall–Kier alpha value is -5.95. The Morgan fingerprint density at radius 3 is 2.28 bits per heavy atom. The molecule has 4 aromatic rings. The molecule has 17 nitrogen and oxygen atoms in total. The summed E-state index contributed by atoms with van der Waals surface area (Å²) in [7, 11) is 0. The van der Waals surface area contributed by atoms with E-state index in [1.807, 2.05) is 9.80 Å². The van der Waals surface area contributed by atoms with Crippen molar-refractivity contribution in [3.8, 4) is 5.95 Å². The number of imide groups is 2. The van der Waals surface area contributed by atoms with E-state index in [1.54, 1.807) is 36.4 Å². The number of imidazole rings is 1. The monoisotopic (exact) mass is 785 g/mol. The number of carbonyl (C=O) groups is 5. The van der Waals surface area contributed by atoms with Gasteiger partial charge in [-0.1, -0.05) is 24.6 Å². The van der Waals surface area contributed by atoms with E-state index >= 15 is 0 Å². The van der Waals surface area contributed by atoms with Crippen LogP contribution < -0.4 is 20.4 Å². The van der Waals surface area contributed by atoms with Crippen molar-refractivity contribution < 1.29 is 37.5 Å².